The number of fused-ring (bicyclic) bond motifs is 4. The lowest BCUT2D eigenvalue weighted by Crippen LogP contribution is -2.22. The fourth-order valence-corrected chi connectivity index (χ4v) is 3.11. The monoisotopic (exact) mass is 286 g/mol. The van der Waals surface area contributed by atoms with Gasteiger partial charge in [0.2, 0.25) is 0 Å². The van der Waals surface area contributed by atoms with E-state index in [2.05, 4.69) is 20.2 Å². The van der Waals surface area contributed by atoms with E-state index in [4.69, 9.17) is 15.7 Å². The minimum Gasteiger partial charge on any atom is -0.409 e. The molecule has 0 aliphatic carbocycles. The van der Waals surface area contributed by atoms with Crippen LogP contribution in [0.4, 0.5) is 0 Å². The zero-order valence-corrected chi connectivity index (χ0v) is 11.2. The van der Waals surface area contributed by atoms with E-state index in [1.54, 1.807) is 23.3 Å². The molecule has 2 bridgehead atoms. The van der Waals surface area contributed by atoms with Crippen LogP contribution in [-0.2, 0) is 11.2 Å². The lowest BCUT2D eigenvalue weighted by Gasteiger charge is -2.22. The maximum Gasteiger partial charge on any atom is 0.190 e. The number of hydrogen-bond acceptors (Lipinski definition) is 6. The highest BCUT2D eigenvalue weighted by atomic mass is 16.5. The van der Waals surface area contributed by atoms with Crippen molar-refractivity contribution in [2.24, 2.45) is 10.9 Å². The Labute approximate surface area is 120 Å². The molecule has 2 aromatic rings. The van der Waals surface area contributed by atoms with Crippen LogP contribution in [0.1, 0.15) is 35.9 Å². The molecule has 8 heteroatoms. The lowest BCUT2D eigenvalue weighted by atomic mass is 10.0. The van der Waals surface area contributed by atoms with Crippen molar-refractivity contribution in [1.29, 1.82) is 0 Å². The molecule has 21 heavy (non-hydrogen) atoms. The van der Waals surface area contributed by atoms with E-state index in [0.717, 1.165) is 30.5 Å². The van der Waals surface area contributed by atoms with Crippen LogP contribution >= 0.6 is 0 Å². The Morgan fingerprint density at radius 2 is 2.33 bits per heavy atom. The first-order valence-electron chi connectivity index (χ1n) is 6.79. The molecular formula is C13H14N6O2. The largest absolute Gasteiger partial charge is 0.409 e. The molecule has 4 heterocycles. The normalized spacial score (nSPS) is 24.1. The van der Waals surface area contributed by atoms with Gasteiger partial charge in [0.05, 0.1) is 18.0 Å². The van der Waals surface area contributed by atoms with Gasteiger partial charge in [-0.15, -0.1) is 0 Å². The van der Waals surface area contributed by atoms with Crippen molar-refractivity contribution in [3.63, 3.8) is 0 Å². The van der Waals surface area contributed by atoms with Gasteiger partial charge in [-0.25, -0.2) is 9.67 Å². The summed E-state index contributed by atoms with van der Waals surface area (Å²) >= 11 is 0. The van der Waals surface area contributed by atoms with Crippen molar-refractivity contribution in [3.8, 4) is 5.82 Å². The Kier molecular flexibility index (Phi) is 2.64. The Hall–Kier alpha value is -2.48. The SMILES string of the molecule is N/C(=N\O)c1nn(-c2cnccn2)c2c1CC1CCC2O1. The maximum absolute atomic E-state index is 8.97. The number of amidine groups is 1. The van der Waals surface area contributed by atoms with Crippen molar-refractivity contribution >= 4 is 5.84 Å². The third kappa shape index (κ3) is 1.79. The molecule has 108 valence electrons. The van der Waals surface area contributed by atoms with E-state index in [-0.39, 0.29) is 18.0 Å². The van der Waals surface area contributed by atoms with E-state index in [1.165, 1.54) is 0 Å². The summed E-state index contributed by atoms with van der Waals surface area (Å²) in [7, 11) is 0. The predicted octanol–water partition coefficient (Wildman–Crippen LogP) is 0.533. The third-order valence-corrected chi connectivity index (χ3v) is 3.98. The van der Waals surface area contributed by atoms with Gasteiger partial charge in [-0.2, -0.15) is 5.10 Å². The van der Waals surface area contributed by atoms with Crippen LogP contribution in [0.5, 0.6) is 0 Å². The molecule has 3 N–H and O–H groups in total. The first-order chi connectivity index (χ1) is 10.3. The molecule has 2 aliphatic heterocycles. The topological polar surface area (TPSA) is 111 Å². The van der Waals surface area contributed by atoms with Crippen molar-refractivity contribution in [2.45, 2.75) is 31.5 Å². The van der Waals surface area contributed by atoms with E-state index in [0.29, 0.717) is 11.5 Å². The molecule has 2 aliphatic rings. The second-order valence-electron chi connectivity index (χ2n) is 5.20. The summed E-state index contributed by atoms with van der Waals surface area (Å²) in [6.07, 6.45) is 7.68. The summed E-state index contributed by atoms with van der Waals surface area (Å²) in [6.45, 7) is 0. The van der Waals surface area contributed by atoms with Crippen molar-refractivity contribution in [2.75, 3.05) is 0 Å². The van der Waals surface area contributed by atoms with Crippen LogP contribution < -0.4 is 5.73 Å². The fourth-order valence-electron chi connectivity index (χ4n) is 3.11. The molecule has 0 saturated carbocycles. The third-order valence-electron chi connectivity index (χ3n) is 3.98. The smallest absolute Gasteiger partial charge is 0.190 e. The van der Waals surface area contributed by atoms with Crippen LogP contribution in [0.15, 0.2) is 23.7 Å². The van der Waals surface area contributed by atoms with Crippen LogP contribution in [0.25, 0.3) is 5.82 Å². The molecule has 0 radical (unpaired) electrons. The first kappa shape index (κ1) is 12.3. The highest BCUT2D eigenvalue weighted by Crippen LogP contribution is 2.42. The molecule has 0 amide bonds. The second kappa shape index (κ2) is 4.52. The number of oxime groups is 1. The fraction of sp³-hybridized carbons (Fsp3) is 0.385. The Morgan fingerprint density at radius 3 is 3.10 bits per heavy atom. The standard InChI is InChI=1S/C13H14N6O2/c14-13(18-20)11-8-5-7-1-2-9(21-7)12(8)19(17-11)10-6-15-3-4-16-10/h3-4,6-7,9,20H,1-2,5H2,(H2,14,18). The maximum atomic E-state index is 8.97. The van der Waals surface area contributed by atoms with Crippen LogP contribution in [0.3, 0.4) is 0 Å². The molecule has 1 saturated heterocycles. The van der Waals surface area contributed by atoms with E-state index >= 15 is 0 Å². The van der Waals surface area contributed by atoms with Gasteiger partial charge in [0.1, 0.15) is 11.8 Å². The first-order valence-corrected chi connectivity index (χ1v) is 6.79. The van der Waals surface area contributed by atoms with Gasteiger partial charge in [0.25, 0.3) is 0 Å². The van der Waals surface area contributed by atoms with Crippen LogP contribution in [0.2, 0.25) is 0 Å². The summed E-state index contributed by atoms with van der Waals surface area (Å²) in [5.74, 6) is 0.606. The summed E-state index contributed by atoms with van der Waals surface area (Å²) < 4.78 is 7.66. The Bertz CT molecular complexity index is 711. The van der Waals surface area contributed by atoms with Gasteiger partial charge in [0.15, 0.2) is 11.7 Å². The molecule has 0 spiro atoms. The van der Waals surface area contributed by atoms with Crippen molar-refractivity contribution in [1.82, 2.24) is 19.7 Å². The lowest BCUT2D eigenvalue weighted by molar-refractivity contribution is 0.0286. The average molecular weight is 286 g/mol. The molecule has 2 atom stereocenters. The Balaban J connectivity index is 1.94. The Morgan fingerprint density at radius 1 is 1.43 bits per heavy atom. The van der Waals surface area contributed by atoms with Gasteiger partial charge in [-0.1, -0.05) is 5.16 Å². The second-order valence-corrected chi connectivity index (χ2v) is 5.20. The molecule has 0 aromatic carbocycles. The number of nitrogens with zero attached hydrogens (tertiary/aromatic N) is 5. The summed E-state index contributed by atoms with van der Waals surface area (Å²) in [6, 6.07) is 0. The number of aromatic nitrogens is 4. The zero-order valence-electron chi connectivity index (χ0n) is 11.2. The highest BCUT2D eigenvalue weighted by Gasteiger charge is 2.39. The quantitative estimate of drug-likeness (QED) is 0.360. The van der Waals surface area contributed by atoms with Crippen LogP contribution in [0, 0.1) is 0 Å². The van der Waals surface area contributed by atoms with Gasteiger partial charge in [-0.3, -0.25) is 4.98 Å². The van der Waals surface area contributed by atoms with Crippen LogP contribution in [-0.4, -0.2) is 36.9 Å². The van der Waals surface area contributed by atoms with Gasteiger partial charge < -0.3 is 15.7 Å². The highest BCUT2D eigenvalue weighted by molar-refractivity contribution is 5.97. The zero-order chi connectivity index (χ0) is 14.4. The minimum atomic E-state index is -0.0199. The number of rotatable bonds is 2. The molecule has 2 unspecified atom stereocenters. The van der Waals surface area contributed by atoms with Crippen molar-refractivity contribution in [3.05, 3.63) is 35.5 Å². The predicted molar refractivity (Wildman–Crippen MR) is 72.2 cm³/mol. The molecule has 8 nitrogen and oxygen atoms in total. The van der Waals surface area contributed by atoms with Gasteiger partial charge >= 0.3 is 0 Å². The molecular weight excluding hydrogens is 272 g/mol. The average Bonchev–Trinajstić information content (AvgIpc) is 3.10. The number of nitrogens with two attached hydrogens (primary N) is 1. The number of ether oxygens (including phenoxy) is 1. The summed E-state index contributed by atoms with van der Waals surface area (Å²) in [5, 5.41) is 16.5. The summed E-state index contributed by atoms with van der Waals surface area (Å²) in [4.78, 5) is 8.35. The van der Waals surface area contributed by atoms with E-state index < -0.39 is 0 Å². The molecule has 1 fully saturated rings. The van der Waals surface area contributed by atoms with E-state index in [1.807, 2.05) is 0 Å². The molecule has 2 aromatic heterocycles. The van der Waals surface area contributed by atoms with Gasteiger partial charge in [0, 0.05) is 24.4 Å². The minimum absolute atomic E-state index is 0.00944. The summed E-state index contributed by atoms with van der Waals surface area (Å²) in [5.41, 5.74) is 8.18. The molecule has 4 rings (SSSR count). The van der Waals surface area contributed by atoms with E-state index in [9.17, 15) is 0 Å². The number of hydrogen-bond donors (Lipinski definition) is 2. The van der Waals surface area contributed by atoms with Crippen molar-refractivity contribution < 1.29 is 9.94 Å². The van der Waals surface area contributed by atoms with Gasteiger partial charge in [-0.05, 0) is 12.8 Å².